The Morgan fingerprint density at radius 2 is 2.07 bits per heavy atom. The minimum Gasteiger partial charge on any atom is -0.393 e. The zero-order valence-corrected chi connectivity index (χ0v) is 10.00. The summed E-state index contributed by atoms with van der Waals surface area (Å²) in [6, 6.07) is 0. The maximum Gasteiger partial charge on any atom is 0.245 e. The summed E-state index contributed by atoms with van der Waals surface area (Å²) in [4.78, 5) is 5.73. The molecule has 0 saturated carbocycles. The Kier molecular flexibility index (Phi) is 4.50. The summed E-state index contributed by atoms with van der Waals surface area (Å²) in [5, 5.41) is 16.6. The Bertz CT molecular complexity index is 334. The molecule has 5 nitrogen and oxygen atoms in total. The van der Waals surface area contributed by atoms with Crippen molar-refractivity contribution in [3.63, 3.8) is 0 Å². The SMILES string of the molecule is CC(O)CCN(C)c1nc(Cl)nnc1Cl. The molecule has 0 amide bonds. The number of hydrogen-bond donors (Lipinski definition) is 1. The van der Waals surface area contributed by atoms with Gasteiger partial charge in [-0.05, 0) is 24.9 Å². The molecule has 1 unspecified atom stereocenters. The number of hydrogen-bond acceptors (Lipinski definition) is 5. The lowest BCUT2D eigenvalue weighted by Crippen LogP contribution is -2.23. The van der Waals surface area contributed by atoms with E-state index in [-0.39, 0.29) is 16.5 Å². The molecule has 0 aromatic carbocycles. The minimum absolute atomic E-state index is 0.0540. The number of anilines is 1. The van der Waals surface area contributed by atoms with Crippen LogP contribution >= 0.6 is 23.2 Å². The third-order valence-electron chi connectivity index (χ3n) is 1.85. The Morgan fingerprint density at radius 3 is 2.67 bits per heavy atom. The summed E-state index contributed by atoms with van der Waals surface area (Å²) in [6.45, 7) is 2.34. The lowest BCUT2D eigenvalue weighted by molar-refractivity contribution is 0.187. The second-order valence-corrected chi connectivity index (χ2v) is 3.95. The second-order valence-electron chi connectivity index (χ2n) is 3.25. The lowest BCUT2D eigenvalue weighted by atomic mass is 10.3. The molecule has 1 N–H and O–H groups in total. The maximum atomic E-state index is 9.14. The van der Waals surface area contributed by atoms with E-state index >= 15 is 0 Å². The van der Waals surface area contributed by atoms with Gasteiger partial charge in [-0.1, -0.05) is 11.6 Å². The van der Waals surface area contributed by atoms with E-state index in [0.29, 0.717) is 18.8 Å². The van der Waals surface area contributed by atoms with Crippen molar-refractivity contribution in [2.24, 2.45) is 0 Å². The fourth-order valence-electron chi connectivity index (χ4n) is 1.01. The Balaban J connectivity index is 2.72. The topological polar surface area (TPSA) is 62.1 Å². The van der Waals surface area contributed by atoms with Gasteiger partial charge in [-0.25, -0.2) is 0 Å². The third-order valence-corrected chi connectivity index (χ3v) is 2.25. The van der Waals surface area contributed by atoms with Gasteiger partial charge >= 0.3 is 0 Å². The van der Waals surface area contributed by atoms with Crippen molar-refractivity contribution in [1.29, 1.82) is 0 Å². The average molecular weight is 251 g/mol. The van der Waals surface area contributed by atoms with Gasteiger partial charge in [0.05, 0.1) is 6.10 Å². The van der Waals surface area contributed by atoms with Crippen LogP contribution in [0.2, 0.25) is 10.4 Å². The van der Waals surface area contributed by atoms with Gasteiger partial charge in [0.25, 0.3) is 0 Å². The highest BCUT2D eigenvalue weighted by molar-refractivity contribution is 6.32. The first-order valence-corrected chi connectivity index (χ1v) is 5.21. The van der Waals surface area contributed by atoms with Crippen LogP contribution in [0.25, 0.3) is 0 Å². The van der Waals surface area contributed by atoms with E-state index in [9.17, 15) is 0 Å². The molecule has 1 aromatic heterocycles. The zero-order chi connectivity index (χ0) is 11.4. The Labute approximate surface area is 98.0 Å². The van der Waals surface area contributed by atoms with Crippen molar-refractivity contribution in [2.45, 2.75) is 19.4 Å². The lowest BCUT2D eigenvalue weighted by Gasteiger charge is -2.18. The number of aromatic nitrogens is 3. The highest BCUT2D eigenvalue weighted by atomic mass is 35.5. The summed E-state index contributed by atoms with van der Waals surface area (Å²) in [5.74, 6) is 0.470. The van der Waals surface area contributed by atoms with E-state index in [0.717, 1.165) is 0 Å². The Morgan fingerprint density at radius 1 is 1.40 bits per heavy atom. The number of nitrogens with zero attached hydrogens (tertiary/aromatic N) is 4. The standard InChI is InChI=1S/C8H12Cl2N4O/c1-5(15)3-4-14(2)7-6(9)12-13-8(10)11-7/h5,15H,3-4H2,1-2H3. The number of aliphatic hydroxyl groups excluding tert-OH is 1. The molecule has 0 bridgehead atoms. The van der Waals surface area contributed by atoms with Crippen LogP contribution < -0.4 is 4.90 Å². The molecule has 0 radical (unpaired) electrons. The molecule has 0 aliphatic carbocycles. The van der Waals surface area contributed by atoms with Gasteiger partial charge in [0.2, 0.25) is 5.28 Å². The second kappa shape index (κ2) is 5.44. The van der Waals surface area contributed by atoms with Gasteiger partial charge in [-0.3, -0.25) is 0 Å². The molecule has 0 spiro atoms. The molecule has 0 aliphatic heterocycles. The maximum absolute atomic E-state index is 9.14. The van der Waals surface area contributed by atoms with Crippen LogP contribution in [0, 0.1) is 0 Å². The fraction of sp³-hybridized carbons (Fsp3) is 0.625. The van der Waals surface area contributed by atoms with Crippen LogP contribution in [0.1, 0.15) is 13.3 Å². The van der Waals surface area contributed by atoms with Crippen molar-refractivity contribution in [3.8, 4) is 0 Å². The van der Waals surface area contributed by atoms with Gasteiger partial charge in [0.1, 0.15) is 0 Å². The molecule has 0 aliphatic rings. The van der Waals surface area contributed by atoms with Crippen LogP contribution in [0.4, 0.5) is 5.82 Å². The molecule has 84 valence electrons. The molecule has 0 saturated heterocycles. The van der Waals surface area contributed by atoms with E-state index in [2.05, 4.69) is 15.2 Å². The normalized spacial score (nSPS) is 12.6. The molecule has 7 heteroatoms. The van der Waals surface area contributed by atoms with Crippen LogP contribution in [0.15, 0.2) is 0 Å². The van der Waals surface area contributed by atoms with Crippen molar-refractivity contribution in [3.05, 3.63) is 10.4 Å². The molecule has 1 atom stereocenters. The predicted octanol–water partition coefficient (Wildman–Crippen LogP) is 1.39. The van der Waals surface area contributed by atoms with E-state index < -0.39 is 0 Å². The number of halogens is 2. The number of rotatable bonds is 4. The van der Waals surface area contributed by atoms with Crippen molar-refractivity contribution in [1.82, 2.24) is 15.2 Å². The van der Waals surface area contributed by atoms with Crippen molar-refractivity contribution in [2.75, 3.05) is 18.5 Å². The van der Waals surface area contributed by atoms with Gasteiger partial charge in [0.15, 0.2) is 11.0 Å². The first-order chi connectivity index (χ1) is 7.00. The summed E-state index contributed by atoms with van der Waals surface area (Å²) >= 11 is 11.4. The smallest absolute Gasteiger partial charge is 0.245 e. The summed E-state index contributed by atoms with van der Waals surface area (Å²) < 4.78 is 0. The predicted molar refractivity (Wildman–Crippen MR) is 59.4 cm³/mol. The molecular formula is C8H12Cl2N4O. The zero-order valence-electron chi connectivity index (χ0n) is 8.48. The molecule has 1 rings (SSSR count). The highest BCUT2D eigenvalue weighted by Gasteiger charge is 2.11. The minimum atomic E-state index is -0.364. The average Bonchev–Trinajstić information content (AvgIpc) is 2.18. The molecule has 0 fully saturated rings. The summed E-state index contributed by atoms with van der Waals surface area (Å²) in [7, 11) is 1.80. The molecular weight excluding hydrogens is 239 g/mol. The third kappa shape index (κ3) is 3.77. The van der Waals surface area contributed by atoms with Crippen LogP contribution in [0.3, 0.4) is 0 Å². The van der Waals surface area contributed by atoms with E-state index in [1.165, 1.54) is 0 Å². The van der Waals surface area contributed by atoms with Crippen molar-refractivity contribution < 1.29 is 5.11 Å². The van der Waals surface area contributed by atoms with Gasteiger partial charge in [0, 0.05) is 13.6 Å². The van der Waals surface area contributed by atoms with E-state index in [1.54, 1.807) is 18.9 Å². The summed E-state index contributed by atoms with van der Waals surface area (Å²) in [6.07, 6.45) is 0.255. The van der Waals surface area contributed by atoms with Crippen LogP contribution in [-0.4, -0.2) is 40.0 Å². The van der Waals surface area contributed by atoms with E-state index in [4.69, 9.17) is 28.3 Å². The highest BCUT2D eigenvalue weighted by Crippen LogP contribution is 2.20. The Hall–Kier alpha value is -0.650. The largest absolute Gasteiger partial charge is 0.393 e. The fourth-order valence-corrected chi connectivity index (χ4v) is 1.36. The first-order valence-electron chi connectivity index (χ1n) is 4.45. The molecule has 1 heterocycles. The molecule has 15 heavy (non-hydrogen) atoms. The number of aliphatic hydroxyl groups is 1. The van der Waals surface area contributed by atoms with Gasteiger partial charge < -0.3 is 10.0 Å². The van der Waals surface area contributed by atoms with Gasteiger partial charge in [-0.15, -0.1) is 10.2 Å². The first kappa shape index (κ1) is 12.4. The molecule has 1 aromatic rings. The van der Waals surface area contributed by atoms with Gasteiger partial charge in [-0.2, -0.15) is 4.98 Å². The van der Waals surface area contributed by atoms with Crippen LogP contribution in [-0.2, 0) is 0 Å². The van der Waals surface area contributed by atoms with E-state index in [1.807, 2.05) is 0 Å². The monoisotopic (exact) mass is 250 g/mol. The van der Waals surface area contributed by atoms with Crippen LogP contribution in [0.5, 0.6) is 0 Å². The quantitative estimate of drug-likeness (QED) is 0.875. The summed E-state index contributed by atoms with van der Waals surface area (Å²) in [5.41, 5.74) is 0. The van der Waals surface area contributed by atoms with Crippen molar-refractivity contribution >= 4 is 29.0 Å².